The van der Waals surface area contributed by atoms with E-state index in [1.807, 2.05) is 19.1 Å². The van der Waals surface area contributed by atoms with Crippen molar-refractivity contribution in [2.24, 2.45) is 5.73 Å². The van der Waals surface area contributed by atoms with E-state index < -0.39 is 5.54 Å². The van der Waals surface area contributed by atoms with Crippen LogP contribution in [0.5, 0.6) is 0 Å². The maximum absolute atomic E-state index is 11.8. The van der Waals surface area contributed by atoms with Crippen LogP contribution in [0.4, 0.5) is 0 Å². The van der Waals surface area contributed by atoms with Crippen LogP contribution in [-0.4, -0.2) is 18.8 Å². The number of carbonyl (C=O) groups is 1. The summed E-state index contributed by atoms with van der Waals surface area (Å²) in [5.41, 5.74) is 7.29. The van der Waals surface area contributed by atoms with Crippen LogP contribution in [0.1, 0.15) is 17.5 Å². The van der Waals surface area contributed by atoms with Gasteiger partial charge in [-0.1, -0.05) is 12.1 Å². The van der Waals surface area contributed by atoms with E-state index in [2.05, 4.69) is 6.07 Å². The van der Waals surface area contributed by atoms with E-state index in [0.29, 0.717) is 6.42 Å². The number of esters is 1. The predicted molar refractivity (Wildman–Crippen MR) is 64.4 cm³/mol. The second-order valence-corrected chi connectivity index (χ2v) is 5.20. The molecule has 0 amide bonds. The minimum absolute atomic E-state index is 0.349. The van der Waals surface area contributed by atoms with Crippen molar-refractivity contribution >= 4 is 17.7 Å². The van der Waals surface area contributed by atoms with Crippen molar-refractivity contribution < 1.29 is 9.53 Å². The lowest BCUT2D eigenvalue weighted by molar-refractivity contribution is -0.147. The average Bonchev–Trinajstić information content (AvgIpc) is 2.27. The monoisotopic (exact) mass is 237 g/mol. The van der Waals surface area contributed by atoms with Crippen LogP contribution < -0.4 is 5.73 Å². The molecule has 2 N–H and O–H groups in total. The second kappa shape index (κ2) is 4.11. The molecule has 1 aliphatic heterocycles. The Kier molecular flexibility index (Phi) is 2.95. The molecule has 0 saturated heterocycles. The molecule has 0 fully saturated rings. The zero-order chi connectivity index (χ0) is 11.8. The molecular formula is C12H15NO2S. The zero-order valence-electron chi connectivity index (χ0n) is 9.45. The van der Waals surface area contributed by atoms with Gasteiger partial charge in [-0.25, -0.2) is 4.79 Å². The van der Waals surface area contributed by atoms with E-state index in [0.717, 1.165) is 16.2 Å². The molecule has 0 aliphatic carbocycles. The Labute approximate surface area is 99.4 Å². The van der Waals surface area contributed by atoms with E-state index in [4.69, 9.17) is 10.5 Å². The molecule has 0 aromatic heterocycles. The van der Waals surface area contributed by atoms with Gasteiger partial charge in [0.1, 0.15) is 5.54 Å². The van der Waals surface area contributed by atoms with Crippen molar-refractivity contribution in [2.75, 3.05) is 12.9 Å². The fourth-order valence-corrected chi connectivity index (χ4v) is 3.29. The molecule has 0 radical (unpaired) electrons. The van der Waals surface area contributed by atoms with Crippen LogP contribution >= 0.6 is 11.8 Å². The first-order valence-corrected chi connectivity index (χ1v) is 6.18. The van der Waals surface area contributed by atoms with Gasteiger partial charge in [-0.3, -0.25) is 0 Å². The highest BCUT2D eigenvalue weighted by Gasteiger charge is 2.41. The average molecular weight is 237 g/mol. The van der Waals surface area contributed by atoms with Gasteiger partial charge >= 0.3 is 5.97 Å². The van der Waals surface area contributed by atoms with E-state index in [1.165, 1.54) is 12.7 Å². The second-order valence-electron chi connectivity index (χ2n) is 4.06. The number of nitrogens with two attached hydrogens (primary N) is 1. The lowest BCUT2D eigenvalue weighted by Gasteiger charge is -2.32. The number of methoxy groups -OCH3 is 1. The molecule has 2 rings (SSSR count). The highest BCUT2D eigenvalue weighted by atomic mass is 32.2. The lowest BCUT2D eigenvalue weighted by atomic mass is 9.87. The van der Waals surface area contributed by atoms with E-state index in [-0.39, 0.29) is 5.97 Å². The molecule has 1 aromatic rings. The molecular weight excluding hydrogens is 222 g/mol. The Hall–Kier alpha value is -1.00. The summed E-state index contributed by atoms with van der Waals surface area (Å²) in [5.74, 6) is 0.500. The molecule has 3 nitrogen and oxygen atoms in total. The third-order valence-corrected chi connectivity index (χ3v) is 3.98. The van der Waals surface area contributed by atoms with Crippen molar-refractivity contribution in [2.45, 2.75) is 23.8 Å². The first kappa shape index (κ1) is 11.5. The van der Waals surface area contributed by atoms with Gasteiger partial charge in [0, 0.05) is 10.6 Å². The van der Waals surface area contributed by atoms with Gasteiger partial charge in [-0.2, -0.15) is 0 Å². The minimum atomic E-state index is -0.969. The minimum Gasteiger partial charge on any atom is -0.467 e. The summed E-state index contributed by atoms with van der Waals surface area (Å²) in [6.45, 7) is 2.03. The van der Waals surface area contributed by atoms with Gasteiger partial charge in [0.25, 0.3) is 0 Å². The van der Waals surface area contributed by atoms with Crippen LogP contribution in [0.3, 0.4) is 0 Å². The number of hydrogen-bond acceptors (Lipinski definition) is 4. The Morgan fingerprint density at radius 2 is 2.31 bits per heavy atom. The number of hydrogen-bond donors (Lipinski definition) is 1. The first-order chi connectivity index (χ1) is 7.58. The number of carbonyl (C=O) groups excluding carboxylic acids is 1. The molecule has 1 atom stereocenters. The van der Waals surface area contributed by atoms with Gasteiger partial charge in [-0.05, 0) is 30.5 Å². The van der Waals surface area contributed by atoms with E-state index >= 15 is 0 Å². The summed E-state index contributed by atoms with van der Waals surface area (Å²) in [6, 6.07) is 5.99. The Balaban J connectivity index is 2.51. The van der Waals surface area contributed by atoms with E-state index in [1.54, 1.807) is 11.8 Å². The Morgan fingerprint density at radius 1 is 1.56 bits per heavy atom. The first-order valence-electron chi connectivity index (χ1n) is 5.19. The molecule has 4 heteroatoms. The van der Waals surface area contributed by atoms with Gasteiger partial charge in [0.15, 0.2) is 0 Å². The molecule has 0 spiro atoms. The highest BCUT2D eigenvalue weighted by Crippen LogP contribution is 2.39. The number of aryl methyl sites for hydroxylation is 1. The fourth-order valence-electron chi connectivity index (χ4n) is 1.97. The molecule has 16 heavy (non-hydrogen) atoms. The molecule has 0 bridgehead atoms. The standard InChI is InChI=1S/C12H15NO2S/c1-8-3-4-9-10(7-8)16-6-5-12(9,13)11(14)15-2/h3-4,7H,5-6,13H2,1-2H3. The molecule has 1 unspecified atom stereocenters. The van der Waals surface area contributed by atoms with Crippen LogP contribution in [0.25, 0.3) is 0 Å². The summed E-state index contributed by atoms with van der Waals surface area (Å²) >= 11 is 1.75. The smallest absolute Gasteiger partial charge is 0.330 e. The number of thioether (sulfide) groups is 1. The summed E-state index contributed by atoms with van der Waals surface area (Å²) in [5, 5.41) is 0. The van der Waals surface area contributed by atoms with Crippen LogP contribution in [0.2, 0.25) is 0 Å². The lowest BCUT2D eigenvalue weighted by Crippen LogP contribution is -2.47. The van der Waals surface area contributed by atoms with Crippen molar-refractivity contribution in [3.05, 3.63) is 29.3 Å². The zero-order valence-corrected chi connectivity index (χ0v) is 10.3. The molecule has 0 saturated carbocycles. The Morgan fingerprint density at radius 3 is 3.00 bits per heavy atom. The SMILES string of the molecule is COC(=O)C1(N)CCSc2cc(C)ccc21. The van der Waals surface area contributed by atoms with Crippen LogP contribution in [0.15, 0.2) is 23.1 Å². The fraction of sp³-hybridized carbons (Fsp3) is 0.417. The summed E-state index contributed by atoms with van der Waals surface area (Å²) in [7, 11) is 1.38. The third kappa shape index (κ3) is 1.72. The third-order valence-electron chi connectivity index (χ3n) is 2.92. The van der Waals surface area contributed by atoms with Crippen molar-refractivity contribution in [3.8, 4) is 0 Å². The van der Waals surface area contributed by atoms with Gasteiger partial charge in [0.2, 0.25) is 0 Å². The van der Waals surface area contributed by atoms with Crippen LogP contribution in [0, 0.1) is 6.92 Å². The normalized spacial score (nSPS) is 23.7. The van der Waals surface area contributed by atoms with E-state index in [9.17, 15) is 4.79 Å². The van der Waals surface area contributed by atoms with Gasteiger partial charge in [0.05, 0.1) is 7.11 Å². The number of fused-ring (bicyclic) bond motifs is 1. The van der Waals surface area contributed by atoms with Gasteiger partial charge in [-0.15, -0.1) is 11.8 Å². The summed E-state index contributed by atoms with van der Waals surface area (Å²) in [4.78, 5) is 12.9. The molecule has 1 aliphatic rings. The molecule has 1 aromatic carbocycles. The van der Waals surface area contributed by atoms with Crippen LogP contribution in [-0.2, 0) is 15.1 Å². The maximum Gasteiger partial charge on any atom is 0.330 e. The Bertz CT molecular complexity index is 433. The van der Waals surface area contributed by atoms with Crippen molar-refractivity contribution in [3.63, 3.8) is 0 Å². The maximum atomic E-state index is 11.8. The number of rotatable bonds is 1. The topological polar surface area (TPSA) is 52.3 Å². The quantitative estimate of drug-likeness (QED) is 0.757. The van der Waals surface area contributed by atoms with Gasteiger partial charge < -0.3 is 10.5 Å². The van der Waals surface area contributed by atoms with Crippen molar-refractivity contribution in [1.82, 2.24) is 0 Å². The highest BCUT2D eigenvalue weighted by molar-refractivity contribution is 7.99. The largest absolute Gasteiger partial charge is 0.467 e. The molecule has 86 valence electrons. The molecule has 1 heterocycles. The predicted octanol–water partition coefficient (Wildman–Crippen LogP) is 1.82. The summed E-state index contributed by atoms with van der Waals surface area (Å²) in [6.07, 6.45) is 0.625. The van der Waals surface area contributed by atoms with Crippen molar-refractivity contribution in [1.29, 1.82) is 0 Å². The summed E-state index contributed by atoms with van der Waals surface area (Å²) < 4.78 is 4.81. The number of ether oxygens (including phenoxy) is 1. The number of benzene rings is 1.